The van der Waals surface area contributed by atoms with Crippen molar-refractivity contribution in [1.82, 2.24) is 0 Å². The number of guanidine groups is 1. The first kappa shape index (κ1) is 17.4. The van der Waals surface area contributed by atoms with Crippen LogP contribution in [-0.2, 0) is 4.74 Å². The van der Waals surface area contributed by atoms with Crippen LogP contribution in [0.2, 0.25) is 0 Å². The third kappa shape index (κ3) is 6.36. The molecule has 0 radical (unpaired) electrons. The predicted molar refractivity (Wildman–Crippen MR) is 92.5 cm³/mol. The lowest BCUT2D eigenvalue weighted by molar-refractivity contribution is 0.130. The van der Waals surface area contributed by atoms with Crippen LogP contribution < -0.4 is 20.5 Å². The highest BCUT2D eigenvalue weighted by Gasteiger charge is 2.10. The van der Waals surface area contributed by atoms with E-state index in [2.05, 4.69) is 17.2 Å². The first-order chi connectivity index (χ1) is 11.3. The second kappa shape index (κ2) is 9.94. The topological polar surface area (TPSA) is 78.1 Å². The lowest BCUT2D eigenvalue weighted by atomic mass is 10.3. The lowest BCUT2D eigenvalue weighted by Gasteiger charge is -2.10. The maximum absolute atomic E-state index is 5.90. The summed E-state index contributed by atoms with van der Waals surface area (Å²) in [6, 6.07) is 5.68. The fraction of sp³-hybridized carbons (Fsp3) is 0.588. The highest BCUT2D eigenvalue weighted by Crippen LogP contribution is 2.32. The molecule has 0 atom stereocenters. The van der Waals surface area contributed by atoms with E-state index in [9.17, 15) is 0 Å². The average Bonchev–Trinajstić information content (AvgIpc) is 2.79. The van der Waals surface area contributed by atoms with Gasteiger partial charge in [-0.3, -0.25) is 4.99 Å². The van der Waals surface area contributed by atoms with E-state index in [0.29, 0.717) is 25.7 Å². The zero-order valence-corrected chi connectivity index (χ0v) is 13.8. The van der Waals surface area contributed by atoms with E-state index in [4.69, 9.17) is 19.9 Å². The van der Waals surface area contributed by atoms with Crippen molar-refractivity contribution in [2.24, 2.45) is 10.7 Å². The van der Waals surface area contributed by atoms with Gasteiger partial charge in [-0.1, -0.05) is 13.3 Å². The predicted octanol–water partition coefficient (Wildman–Crippen LogP) is 2.78. The van der Waals surface area contributed by atoms with E-state index in [1.807, 2.05) is 18.2 Å². The number of hydrogen-bond acceptors (Lipinski definition) is 4. The van der Waals surface area contributed by atoms with Crippen molar-refractivity contribution in [2.45, 2.75) is 32.6 Å². The molecule has 128 valence electrons. The maximum Gasteiger partial charge on any atom is 0.193 e. The minimum atomic E-state index is 0.396. The molecule has 23 heavy (non-hydrogen) atoms. The normalized spacial score (nSPS) is 14.4. The summed E-state index contributed by atoms with van der Waals surface area (Å²) in [7, 11) is 0. The fourth-order valence-electron chi connectivity index (χ4n) is 2.14. The van der Waals surface area contributed by atoms with E-state index >= 15 is 0 Å². The lowest BCUT2D eigenvalue weighted by Crippen LogP contribution is -2.23. The number of benzene rings is 1. The summed E-state index contributed by atoms with van der Waals surface area (Å²) in [5, 5.41) is 3.08. The van der Waals surface area contributed by atoms with Gasteiger partial charge in [0.05, 0.1) is 13.2 Å². The summed E-state index contributed by atoms with van der Waals surface area (Å²) in [6.07, 6.45) is 4.02. The molecule has 1 heterocycles. The Balaban J connectivity index is 1.75. The van der Waals surface area contributed by atoms with Crippen LogP contribution >= 0.6 is 0 Å². The van der Waals surface area contributed by atoms with Gasteiger partial charge in [-0.25, -0.2) is 0 Å². The van der Waals surface area contributed by atoms with Crippen molar-refractivity contribution in [3.8, 4) is 11.5 Å². The molecule has 0 fully saturated rings. The molecule has 0 unspecified atom stereocenters. The molecule has 0 bridgehead atoms. The number of nitrogens with two attached hydrogens (primary N) is 1. The van der Waals surface area contributed by atoms with E-state index in [1.165, 1.54) is 0 Å². The molecule has 6 heteroatoms. The van der Waals surface area contributed by atoms with Crippen molar-refractivity contribution < 1.29 is 14.2 Å². The zero-order chi connectivity index (χ0) is 16.3. The van der Waals surface area contributed by atoms with Crippen LogP contribution in [0.5, 0.6) is 11.5 Å². The Hall–Kier alpha value is -1.95. The second-order valence-corrected chi connectivity index (χ2v) is 5.42. The smallest absolute Gasteiger partial charge is 0.193 e. The number of aliphatic imine (C=N–C) groups is 1. The van der Waals surface area contributed by atoms with Gasteiger partial charge in [-0.2, -0.15) is 0 Å². The monoisotopic (exact) mass is 321 g/mol. The molecule has 0 saturated heterocycles. The summed E-state index contributed by atoms with van der Waals surface area (Å²) in [5.41, 5.74) is 6.74. The summed E-state index contributed by atoms with van der Waals surface area (Å²) >= 11 is 0. The van der Waals surface area contributed by atoms with Crippen LogP contribution in [0.1, 0.15) is 32.6 Å². The van der Waals surface area contributed by atoms with Crippen LogP contribution in [0.3, 0.4) is 0 Å². The first-order valence-corrected chi connectivity index (χ1v) is 8.34. The highest BCUT2D eigenvalue weighted by molar-refractivity contribution is 5.92. The quantitative estimate of drug-likeness (QED) is 0.437. The van der Waals surface area contributed by atoms with Crippen molar-refractivity contribution in [3.63, 3.8) is 0 Å². The molecular weight excluding hydrogens is 294 g/mol. The Morgan fingerprint density at radius 1 is 1.22 bits per heavy atom. The molecule has 0 amide bonds. The van der Waals surface area contributed by atoms with E-state index in [0.717, 1.165) is 56.1 Å². The fourth-order valence-corrected chi connectivity index (χ4v) is 2.14. The van der Waals surface area contributed by atoms with Gasteiger partial charge < -0.3 is 25.3 Å². The highest BCUT2D eigenvalue weighted by atomic mass is 16.5. The number of anilines is 1. The maximum atomic E-state index is 5.90. The average molecular weight is 321 g/mol. The molecule has 1 aliphatic heterocycles. The molecule has 0 saturated carbocycles. The van der Waals surface area contributed by atoms with Crippen LogP contribution in [0.4, 0.5) is 5.69 Å². The first-order valence-electron chi connectivity index (χ1n) is 8.34. The Labute approximate surface area is 138 Å². The summed E-state index contributed by atoms with van der Waals surface area (Å²) in [5.74, 6) is 1.91. The number of nitrogens with one attached hydrogen (secondary N) is 1. The van der Waals surface area contributed by atoms with Gasteiger partial charge in [0.15, 0.2) is 17.5 Å². The number of ether oxygens (including phenoxy) is 3. The minimum absolute atomic E-state index is 0.396. The van der Waals surface area contributed by atoms with Crippen molar-refractivity contribution in [1.29, 1.82) is 0 Å². The Kier molecular flexibility index (Phi) is 7.52. The summed E-state index contributed by atoms with van der Waals surface area (Å²) in [4.78, 5) is 4.30. The number of rotatable bonds is 8. The summed E-state index contributed by atoms with van der Waals surface area (Å²) < 4.78 is 16.7. The molecule has 1 aromatic carbocycles. The molecule has 0 spiro atoms. The van der Waals surface area contributed by atoms with Crippen LogP contribution in [0, 0.1) is 0 Å². The third-order valence-corrected chi connectivity index (χ3v) is 3.39. The van der Waals surface area contributed by atoms with Crippen LogP contribution in [-0.4, -0.2) is 38.9 Å². The minimum Gasteiger partial charge on any atom is -0.490 e. The summed E-state index contributed by atoms with van der Waals surface area (Å²) in [6.45, 7) is 5.70. The number of hydrogen-bond donors (Lipinski definition) is 2. The van der Waals surface area contributed by atoms with Crippen molar-refractivity contribution in [2.75, 3.05) is 38.3 Å². The van der Waals surface area contributed by atoms with Gasteiger partial charge in [0.1, 0.15) is 0 Å². The Morgan fingerprint density at radius 2 is 2.00 bits per heavy atom. The SMILES string of the molecule is CCCCOCCCN=C(N)Nc1ccc2c(c1)OCCCO2. The van der Waals surface area contributed by atoms with Crippen molar-refractivity contribution in [3.05, 3.63) is 18.2 Å². The molecule has 2 rings (SSSR count). The van der Waals surface area contributed by atoms with E-state index in [1.54, 1.807) is 0 Å². The van der Waals surface area contributed by atoms with E-state index < -0.39 is 0 Å². The second-order valence-electron chi connectivity index (χ2n) is 5.42. The van der Waals surface area contributed by atoms with Gasteiger partial charge in [0.25, 0.3) is 0 Å². The van der Waals surface area contributed by atoms with Gasteiger partial charge in [-0.15, -0.1) is 0 Å². The van der Waals surface area contributed by atoms with Gasteiger partial charge in [0, 0.05) is 37.9 Å². The molecule has 1 aromatic rings. The van der Waals surface area contributed by atoms with E-state index in [-0.39, 0.29) is 0 Å². The van der Waals surface area contributed by atoms with Crippen molar-refractivity contribution >= 4 is 11.6 Å². The Morgan fingerprint density at radius 3 is 2.83 bits per heavy atom. The van der Waals surface area contributed by atoms with Gasteiger partial charge >= 0.3 is 0 Å². The zero-order valence-electron chi connectivity index (χ0n) is 13.8. The molecule has 0 aliphatic carbocycles. The van der Waals surface area contributed by atoms with Crippen LogP contribution in [0.25, 0.3) is 0 Å². The largest absolute Gasteiger partial charge is 0.490 e. The molecule has 3 N–H and O–H groups in total. The number of nitrogens with zero attached hydrogens (tertiary/aromatic N) is 1. The molecule has 1 aliphatic rings. The third-order valence-electron chi connectivity index (χ3n) is 3.39. The molecule has 6 nitrogen and oxygen atoms in total. The molecule has 0 aromatic heterocycles. The van der Waals surface area contributed by atoms with Gasteiger partial charge in [0.2, 0.25) is 0 Å². The standard InChI is InChI=1S/C17H27N3O3/c1-2-3-9-21-10-4-8-19-17(18)20-14-6-7-15-16(13-14)23-12-5-11-22-15/h6-7,13H,2-5,8-12H2,1H3,(H3,18,19,20). The Bertz CT molecular complexity index is 506. The van der Waals surface area contributed by atoms with Gasteiger partial charge in [-0.05, 0) is 25.0 Å². The molecular formula is C17H27N3O3. The van der Waals surface area contributed by atoms with Crippen LogP contribution in [0.15, 0.2) is 23.2 Å². The number of unbranched alkanes of at least 4 members (excludes halogenated alkanes) is 1. The number of fused-ring (bicyclic) bond motifs is 1.